The van der Waals surface area contributed by atoms with Gasteiger partial charge in [0.25, 0.3) is 0 Å². The number of fused-ring (bicyclic) bond motifs is 2. The molecule has 2 aliphatic rings. The summed E-state index contributed by atoms with van der Waals surface area (Å²) in [7, 11) is 1.79. The number of hydrogen-bond acceptors (Lipinski definition) is 3. The van der Waals surface area contributed by atoms with Gasteiger partial charge in [0.05, 0.1) is 6.61 Å². The molecular formula is C14H28N2O. The standard InChI is InChI=1S/C14H28N2O/c1-17-8-7-16(6-2-5-15)11-14-10-12-3-4-13(14)9-12/h12-14H,2-11,15H2,1H3. The lowest BCUT2D eigenvalue weighted by Gasteiger charge is -2.29. The third-order valence-corrected chi connectivity index (χ3v) is 4.67. The van der Waals surface area contributed by atoms with Crippen molar-refractivity contribution in [2.75, 3.05) is 39.9 Å². The Morgan fingerprint density at radius 3 is 2.71 bits per heavy atom. The smallest absolute Gasteiger partial charge is 0.0589 e. The number of ether oxygens (including phenoxy) is 1. The van der Waals surface area contributed by atoms with Gasteiger partial charge in [-0.15, -0.1) is 0 Å². The molecule has 3 atom stereocenters. The highest BCUT2D eigenvalue weighted by atomic mass is 16.5. The van der Waals surface area contributed by atoms with Crippen molar-refractivity contribution in [3.63, 3.8) is 0 Å². The van der Waals surface area contributed by atoms with E-state index in [0.717, 1.165) is 50.4 Å². The maximum atomic E-state index is 5.62. The molecule has 0 heterocycles. The van der Waals surface area contributed by atoms with Gasteiger partial charge in [-0.1, -0.05) is 6.42 Å². The van der Waals surface area contributed by atoms with Crippen LogP contribution < -0.4 is 5.73 Å². The van der Waals surface area contributed by atoms with Crippen LogP contribution in [0.1, 0.15) is 32.1 Å². The zero-order valence-electron chi connectivity index (χ0n) is 11.2. The number of nitrogens with zero attached hydrogens (tertiary/aromatic N) is 1. The molecule has 0 spiro atoms. The molecule has 0 radical (unpaired) electrons. The van der Waals surface area contributed by atoms with Gasteiger partial charge in [0.15, 0.2) is 0 Å². The van der Waals surface area contributed by atoms with Crippen molar-refractivity contribution in [1.82, 2.24) is 4.90 Å². The van der Waals surface area contributed by atoms with Crippen molar-refractivity contribution in [3.05, 3.63) is 0 Å². The molecule has 0 aromatic heterocycles. The molecule has 0 amide bonds. The van der Waals surface area contributed by atoms with Crippen molar-refractivity contribution in [3.8, 4) is 0 Å². The minimum atomic E-state index is 0.806. The highest BCUT2D eigenvalue weighted by molar-refractivity contribution is 4.91. The van der Waals surface area contributed by atoms with Gasteiger partial charge in [0.2, 0.25) is 0 Å². The van der Waals surface area contributed by atoms with Crippen LogP contribution in [0.3, 0.4) is 0 Å². The third kappa shape index (κ3) is 3.67. The zero-order valence-corrected chi connectivity index (χ0v) is 11.2. The van der Waals surface area contributed by atoms with E-state index in [1.807, 2.05) is 0 Å². The molecule has 2 rings (SSSR count). The van der Waals surface area contributed by atoms with Crippen LogP contribution in [0.2, 0.25) is 0 Å². The first-order valence-corrected chi connectivity index (χ1v) is 7.24. The quantitative estimate of drug-likeness (QED) is 0.702. The molecule has 2 bridgehead atoms. The van der Waals surface area contributed by atoms with Crippen LogP contribution in [0.25, 0.3) is 0 Å². The minimum absolute atomic E-state index is 0.806. The average Bonchev–Trinajstić information content (AvgIpc) is 2.94. The fraction of sp³-hybridized carbons (Fsp3) is 1.00. The summed E-state index contributed by atoms with van der Waals surface area (Å²) in [6.07, 6.45) is 7.10. The van der Waals surface area contributed by atoms with E-state index in [4.69, 9.17) is 10.5 Å². The molecule has 3 heteroatoms. The Hall–Kier alpha value is -0.120. The Balaban J connectivity index is 1.75. The maximum Gasteiger partial charge on any atom is 0.0589 e. The van der Waals surface area contributed by atoms with Gasteiger partial charge < -0.3 is 15.4 Å². The summed E-state index contributed by atoms with van der Waals surface area (Å²) in [5, 5.41) is 0. The number of hydrogen-bond donors (Lipinski definition) is 1. The van der Waals surface area contributed by atoms with Crippen LogP contribution in [0, 0.1) is 17.8 Å². The first-order valence-electron chi connectivity index (χ1n) is 7.24. The fourth-order valence-electron chi connectivity index (χ4n) is 3.76. The van der Waals surface area contributed by atoms with Gasteiger partial charge in [0.1, 0.15) is 0 Å². The Labute approximate surface area is 106 Å². The molecule has 2 saturated carbocycles. The van der Waals surface area contributed by atoms with E-state index in [9.17, 15) is 0 Å². The van der Waals surface area contributed by atoms with Crippen LogP contribution >= 0.6 is 0 Å². The van der Waals surface area contributed by atoms with E-state index in [0.29, 0.717) is 0 Å². The largest absolute Gasteiger partial charge is 0.383 e. The van der Waals surface area contributed by atoms with Crippen molar-refractivity contribution in [2.45, 2.75) is 32.1 Å². The minimum Gasteiger partial charge on any atom is -0.383 e. The second kappa shape index (κ2) is 6.72. The van der Waals surface area contributed by atoms with Crippen LogP contribution in [0.5, 0.6) is 0 Å². The molecule has 2 fully saturated rings. The lowest BCUT2D eigenvalue weighted by atomic mass is 9.88. The zero-order chi connectivity index (χ0) is 12.1. The monoisotopic (exact) mass is 240 g/mol. The van der Waals surface area contributed by atoms with Crippen molar-refractivity contribution in [2.24, 2.45) is 23.5 Å². The molecule has 0 saturated heterocycles. The highest BCUT2D eigenvalue weighted by Gasteiger charge is 2.39. The first kappa shape index (κ1) is 13.3. The van der Waals surface area contributed by atoms with Gasteiger partial charge in [-0.3, -0.25) is 0 Å². The van der Waals surface area contributed by atoms with E-state index < -0.39 is 0 Å². The van der Waals surface area contributed by atoms with Crippen LogP contribution in [0.4, 0.5) is 0 Å². The van der Waals surface area contributed by atoms with Gasteiger partial charge in [-0.2, -0.15) is 0 Å². The SMILES string of the molecule is COCCN(CCCN)CC1CC2CCC1C2. The molecule has 2 N–H and O–H groups in total. The summed E-state index contributed by atoms with van der Waals surface area (Å²) in [6.45, 7) is 5.16. The molecular weight excluding hydrogens is 212 g/mol. The maximum absolute atomic E-state index is 5.62. The molecule has 0 aliphatic heterocycles. The fourth-order valence-corrected chi connectivity index (χ4v) is 3.76. The lowest BCUT2D eigenvalue weighted by molar-refractivity contribution is 0.125. The van der Waals surface area contributed by atoms with E-state index in [-0.39, 0.29) is 0 Å². The van der Waals surface area contributed by atoms with Crippen LogP contribution in [-0.4, -0.2) is 44.8 Å². The van der Waals surface area contributed by atoms with Gasteiger partial charge in [-0.05, 0) is 56.5 Å². The molecule has 0 aromatic carbocycles. The Morgan fingerprint density at radius 2 is 2.12 bits per heavy atom. The first-order chi connectivity index (χ1) is 8.33. The predicted molar refractivity (Wildman–Crippen MR) is 70.9 cm³/mol. The highest BCUT2D eigenvalue weighted by Crippen LogP contribution is 2.48. The molecule has 3 unspecified atom stereocenters. The Bertz CT molecular complexity index is 214. The lowest BCUT2D eigenvalue weighted by Crippen LogP contribution is -2.35. The number of methoxy groups -OCH3 is 1. The second-order valence-electron chi connectivity index (χ2n) is 5.87. The normalized spacial score (nSPS) is 31.6. The van der Waals surface area contributed by atoms with E-state index in [2.05, 4.69) is 4.90 Å². The molecule has 3 nitrogen and oxygen atoms in total. The summed E-state index contributed by atoms with van der Waals surface area (Å²) < 4.78 is 5.21. The third-order valence-electron chi connectivity index (χ3n) is 4.67. The van der Waals surface area contributed by atoms with Crippen molar-refractivity contribution in [1.29, 1.82) is 0 Å². The molecule has 100 valence electrons. The van der Waals surface area contributed by atoms with E-state index >= 15 is 0 Å². The van der Waals surface area contributed by atoms with Crippen LogP contribution in [0.15, 0.2) is 0 Å². The Morgan fingerprint density at radius 1 is 1.24 bits per heavy atom. The summed E-state index contributed by atoms with van der Waals surface area (Å²) in [5.41, 5.74) is 5.62. The second-order valence-corrected chi connectivity index (χ2v) is 5.87. The summed E-state index contributed by atoms with van der Waals surface area (Å²) in [5.74, 6) is 3.05. The number of rotatable bonds is 8. The Kier molecular flexibility index (Phi) is 5.26. The average molecular weight is 240 g/mol. The molecule has 17 heavy (non-hydrogen) atoms. The number of nitrogens with two attached hydrogens (primary N) is 1. The van der Waals surface area contributed by atoms with Gasteiger partial charge in [0, 0.05) is 20.2 Å². The van der Waals surface area contributed by atoms with Crippen molar-refractivity contribution < 1.29 is 4.74 Å². The van der Waals surface area contributed by atoms with Crippen molar-refractivity contribution >= 4 is 0 Å². The van der Waals surface area contributed by atoms with Gasteiger partial charge >= 0.3 is 0 Å². The predicted octanol–water partition coefficient (Wildman–Crippen LogP) is 1.72. The molecule has 0 aromatic rings. The summed E-state index contributed by atoms with van der Waals surface area (Å²) in [6, 6.07) is 0. The van der Waals surface area contributed by atoms with Crippen LogP contribution in [-0.2, 0) is 4.74 Å². The van der Waals surface area contributed by atoms with E-state index in [1.54, 1.807) is 7.11 Å². The topological polar surface area (TPSA) is 38.5 Å². The summed E-state index contributed by atoms with van der Waals surface area (Å²) in [4.78, 5) is 2.57. The molecule has 2 aliphatic carbocycles. The van der Waals surface area contributed by atoms with E-state index in [1.165, 1.54) is 32.2 Å². The summed E-state index contributed by atoms with van der Waals surface area (Å²) >= 11 is 0. The van der Waals surface area contributed by atoms with Gasteiger partial charge in [-0.25, -0.2) is 0 Å².